The fourth-order valence-electron chi connectivity index (χ4n) is 2.65. The van der Waals surface area contributed by atoms with E-state index in [2.05, 4.69) is 10.4 Å². The van der Waals surface area contributed by atoms with E-state index in [1.807, 2.05) is 19.3 Å². The van der Waals surface area contributed by atoms with Crippen molar-refractivity contribution in [2.45, 2.75) is 25.0 Å². The Kier molecular flexibility index (Phi) is 4.22. The number of hydrogen-bond donors (Lipinski definition) is 1. The number of carbonyl (C=O) groups excluding carboxylic acids is 1. The molecule has 2 atom stereocenters. The highest BCUT2D eigenvalue weighted by atomic mass is 32.1. The molecule has 7 heteroatoms. The Morgan fingerprint density at radius 3 is 3.23 bits per heavy atom. The van der Waals surface area contributed by atoms with Crippen LogP contribution in [0.3, 0.4) is 0 Å². The van der Waals surface area contributed by atoms with Crippen LogP contribution in [-0.2, 0) is 11.8 Å². The molecule has 0 bridgehead atoms. The van der Waals surface area contributed by atoms with E-state index in [0.717, 1.165) is 18.4 Å². The predicted molar refractivity (Wildman–Crippen MR) is 81.4 cm³/mol. The molecule has 114 valence electrons. The highest BCUT2D eigenvalue weighted by Crippen LogP contribution is 2.28. The van der Waals surface area contributed by atoms with Gasteiger partial charge in [-0.05, 0) is 24.3 Å². The molecule has 0 radical (unpaired) electrons. The number of nitrogens with one attached hydrogen (secondary N) is 1. The molecule has 0 aliphatic carbocycles. The topological polar surface area (TPSA) is 79.9 Å². The maximum Gasteiger partial charge on any atom is 0.263 e. The Labute approximate surface area is 132 Å². The summed E-state index contributed by atoms with van der Waals surface area (Å²) in [6, 6.07) is 3.60. The molecule has 2 aromatic heterocycles. The molecule has 1 aliphatic rings. The fourth-order valence-corrected chi connectivity index (χ4v) is 3.40. The summed E-state index contributed by atoms with van der Waals surface area (Å²) in [7, 11) is 1.85. The lowest BCUT2D eigenvalue weighted by Gasteiger charge is -2.31. The molecule has 3 rings (SSSR count). The molecule has 1 aliphatic heterocycles. The molecule has 22 heavy (non-hydrogen) atoms. The lowest BCUT2D eigenvalue weighted by molar-refractivity contribution is -0.00945. The minimum absolute atomic E-state index is 0.112. The van der Waals surface area contributed by atoms with E-state index in [0.29, 0.717) is 17.0 Å². The van der Waals surface area contributed by atoms with E-state index in [4.69, 9.17) is 10.00 Å². The van der Waals surface area contributed by atoms with Crippen molar-refractivity contribution in [3.63, 3.8) is 0 Å². The SMILES string of the molecule is Cn1cc([C@H]2OCCC[C@@H]2NC(=O)c2sccc2C#N)cn1. The molecule has 1 saturated heterocycles. The highest BCUT2D eigenvalue weighted by Gasteiger charge is 2.30. The van der Waals surface area contributed by atoms with Crippen LogP contribution in [0.15, 0.2) is 23.8 Å². The number of aromatic nitrogens is 2. The predicted octanol–water partition coefficient (Wildman–Crippen LogP) is 2.00. The van der Waals surface area contributed by atoms with Crippen molar-refractivity contribution < 1.29 is 9.53 Å². The first kappa shape index (κ1) is 14.8. The normalized spacial score (nSPS) is 21.3. The fraction of sp³-hybridized carbons (Fsp3) is 0.400. The molecule has 6 nitrogen and oxygen atoms in total. The summed E-state index contributed by atoms with van der Waals surface area (Å²) in [5, 5.41) is 18.0. The van der Waals surface area contributed by atoms with Crippen LogP contribution in [-0.4, -0.2) is 28.3 Å². The van der Waals surface area contributed by atoms with E-state index in [1.54, 1.807) is 22.3 Å². The zero-order valence-corrected chi connectivity index (χ0v) is 13.0. The van der Waals surface area contributed by atoms with Crippen molar-refractivity contribution in [2.75, 3.05) is 6.61 Å². The third-order valence-electron chi connectivity index (χ3n) is 3.68. The summed E-state index contributed by atoms with van der Waals surface area (Å²) >= 11 is 1.28. The Balaban J connectivity index is 1.77. The number of thiophene rings is 1. The zero-order valence-electron chi connectivity index (χ0n) is 12.2. The van der Waals surface area contributed by atoms with Crippen molar-refractivity contribution >= 4 is 17.2 Å². The van der Waals surface area contributed by atoms with Gasteiger partial charge >= 0.3 is 0 Å². The lowest BCUT2D eigenvalue weighted by atomic mass is 9.98. The molecule has 3 heterocycles. The molecule has 0 saturated carbocycles. The van der Waals surface area contributed by atoms with Gasteiger partial charge in [0.05, 0.1) is 17.8 Å². The molecule has 0 unspecified atom stereocenters. The first-order valence-corrected chi connectivity index (χ1v) is 7.95. The van der Waals surface area contributed by atoms with E-state index in [-0.39, 0.29) is 18.1 Å². The Hall–Kier alpha value is -2.17. The van der Waals surface area contributed by atoms with Gasteiger partial charge in [-0.1, -0.05) is 0 Å². The number of rotatable bonds is 3. The monoisotopic (exact) mass is 316 g/mol. The Morgan fingerprint density at radius 2 is 2.50 bits per heavy atom. The Bertz CT molecular complexity index is 715. The lowest BCUT2D eigenvalue weighted by Crippen LogP contribution is -2.42. The van der Waals surface area contributed by atoms with Gasteiger partial charge < -0.3 is 10.1 Å². The van der Waals surface area contributed by atoms with Gasteiger partial charge in [0.15, 0.2) is 0 Å². The first-order valence-electron chi connectivity index (χ1n) is 7.07. The second-order valence-corrected chi connectivity index (χ2v) is 6.15. The minimum atomic E-state index is -0.212. The van der Waals surface area contributed by atoms with E-state index >= 15 is 0 Å². The van der Waals surface area contributed by atoms with Crippen LogP contribution in [0.4, 0.5) is 0 Å². The third kappa shape index (κ3) is 2.89. The quantitative estimate of drug-likeness (QED) is 0.939. The van der Waals surface area contributed by atoms with E-state index in [9.17, 15) is 4.79 Å². The summed E-state index contributed by atoms with van der Waals surface area (Å²) in [6.45, 7) is 0.675. The van der Waals surface area contributed by atoms with Gasteiger partial charge in [0.2, 0.25) is 0 Å². The maximum atomic E-state index is 12.4. The van der Waals surface area contributed by atoms with Crippen LogP contribution >= 0.6 is 11.3 Å². The number of nitrogens with zero attached hydrogens (tertiary/aromatic N) is 3. The average molecular weight is 316 g/mol. The zero-order chi connectivity index (χ0) is 15.5. The van der Waals surface area contributed by atoms with Crippen molar-refractivity contribution in [3.05, 3.63) is 39.8 Å². The molecule has 2 aromatic rings. The molecule has 1 N–H and O–H groups in total. The number of carbonyl (C=O) groups is 1. The third-order valence-corrected chi connectivity index (χ3v) is 4.60. The van der Waals surface area contributed by atoms with E-state index < -0.39 is 0 Å². The van der Waals surface area contributed by atoms with Crippen molar-refractivity contribution in [2.24, 2.45) is 7.05 Å². The summed E-state index contributed by atoms with van der Waals surface area (Å²) in [4.78, 5) is 12.9. The summed E-state index contributed by atoms with van der Waals surface area (Å²) in [6.07, 6.45) is 5.22. The molecular weight excluding hydrogens is 300 g/mol. The minimum Gasteiger partial charge on any atom is -0.371 e. The van der Waals surface area contributed by atoms with Crippen molar-refractivity contribution in [1.82, 2.24) is 15.1 Å². The Morgan fingerprint density at radius 1 is 1.64 bits per heavy atom. The standard InChI is InChI=1S/C15H16N4O2S/c1-19-9-11(8-17-19)13-12(3-2-5-21-13)18-15(20)14-10(7-16)4-6-22-14/h4,6,8-9,12-13H,2-3,5H2,1H3,(H,18,20)/t12-,13+/m0/s1. The number of ether oxygens (including phenoxy) is 1. The smallest absolute Gasteiger partial charge is 0.263 e. The van der Waals surface area contributed by atoms with Crippen LogP contribution in [0, 0.1) is 11.3 Å². The molecular formula is C15H16N4O2S. The molecule has 1 fully saturated rings. The second-order valence-electron chi connectivity index (χ2n) is 5.24. The van der Waals surface area contributed by atoms with Crippen molar-refractivity contribution in [1.29, 1.82) is 5.26 Å². The largest absolute Gasteiger partial charge is 0.371 e. The van der Waals surface area contributed by atoms with Gasteiger partial charge in [-0.25, -0.2) is 0 Å². The second kappa shape index (κ2) is 6.30. The van der Waals surface area contributed by atoms with Gasteiger partial charge in [0, 0.05) is 25.4 Å². The number of hydrogen-bond acceptors (Lipinski definition) is 5. The number of amides is 1. The van der Waals surface area contributed by atoms with Gasteiger partial charge in [0.25, 0.3) is 5.91 Å². The highest BCUT2D eigenvalue weighted by molar-refractivity contribution is 7.12. The summed E-state index contributed by atoms with van der Waals surface area (Å²) in [5.41, 5.74) is 1.37. The van der Waals surface area contributed by atoms with Crippen molar-refractivity contribution in [3.8, 4) is 6.07 Å². The van der Waals surface area contributed by atoms with E-state index in [1.165, 1.54) is 11.3 Å². The maximum absolute atomic E-state index is 12.4. The molecule has 0 spiro atoms. The summed E-state index contributed by atoms with van der Waals surface area (Å²) < 4.78 is 7.56. The average Bonchev–Trinajstić information content (AvgIpc) is 3.16. The van der Waals surface area contributed by atoms with Crippen LogP contribution in [0.5, 0.6) is 0 Å². The van der Waals surface area contributed by atoms with Crippen LogP contribution in [0.25, 0.3) is 0 Å². The van der Waals surface area contributed by atoms with Crippen LogP contribution < -0.4 is 5.32 Å². The molecule has 1 amide bonds. The van der Waals surface area contributed by atoms with Gasteiger partial charge in [-0.2, -0.15) is 10.4 Å². The van der Waals surface area contributed by atoms with Gasteiger partial charge in [0.1, 0.15) is 17.1 Å². The van der Waals surface area contributed by atoms with Crippen LogP contribution in [0.1, 0.15) is 39.7 Å². The van der Waals surface area contributed by atoms with Crippen LogP contribution in [0.2, 0.25) is 0 Å². The summed E-state index contributed by atoms with van der Waals surface area (Å²) in [5.74, 6) is -0.212. The van der Waals surface area contributed by atoms with Gasteiger partial charge in [-0.3, -0.25) is 9.48 Å². The first-order chi connectivity index (χ1) is 10.7. The van der Waals surface area contributed by atoms with Gasteiger partial charge in [-0.15, -0.1) is 11.3 Å². The number of aryl methyl sites for hydroxylation is 1. The molecule has 0 aromatic carbocycles. The number of nitriles is 1.